The van der Waals surface area contributed by atoms with Crippen LogP contribution in [0.25, 0.3) is 22.7 Å². The molecule has 4 aromatic rings. The summed E-state index contributed by atoms with van der Waals surface area (Å²) in [5, 5.41) is 39.9. The van der Waals surface area contributed by atoms with Crippen molar-refractivity contribution in [3.05, 3.63) is 42.4 Å². The van der Waals surface area contributed by atoms with Gasteiger partial charge in [0.1, 0.15) is 29.6 Å². The second kappa shape index (κ2) is 10.3. The third-order valence-corrected chi connectivity index (χ3v) is 6.85. The van der Waals surface area contributed by atoms with Crippen molar-refractivity contribution in [1.29, 1.82) is 0 Å². The Balaban J connectivity index is 1.63. The van der Waals surface area contributed by atoms with Crippen molar-refractivity contribution in [2.75, 3.05) is 18.5 Å². The number of esters is 1. The van der Waals surface area contributed by atoms with Crippen LogP contribution in [0.1, 0.15) is 23.5 Å². The van der Waals surface area contributed by atoms with E-state index in [0.29, 0.717) is 5.69 Å². The zero-order valence-corrected chi connectivity index (χ0v) is 21.0. The molecule has 16 nitrogen and oxygen atoms in total. The van der Waals surface area contributed by atoms with Crippen molar-refractivity contribution in [3.63, 3.8) is 0 Å². The number of carbonyl (C=O) groups excluding carboxylic acids is 1. The lowest BCUT2D eigenvalue weighted by molar-refractivity contribution is -0.0511. The number of rotatable bonds is 8. The Morgan fingerprint density at radius 1 is 1.21 bits per heavy atom. The molecular weight excluding hydrogens is 538 g/mol. The minimum atomic E-state index is -4.40. The molecule has 0 spiro atoms. The second-order valence-electron chi connectivity index (χ2n) is 8.45. The highest BCUT2D eigenvalue weighted by atomic mass is 32.2. The Kier molecular flexibility index (Phi) is 7.02. The highest BCUT2D eigenvalue weighted by Gasteiger charge is 2.44. The van der Waals surface area contributed by atoms with E-state index in [-0.39, 0.29) is 45.6 Å². The Morgan fingerprint density at radius 2 is 1.95 bits per heavy atom. The van der Waals surface area contributed by atoms with Crippen molar-refractivity contribution in [2.24, 2.45) is 0 Å². The van der Waals surface area contributed by atoms with E-state index >= 15 is 0 Å². The first kappa shape index (κ1) is 26.6. The zero-order valence-electron chi connectivity index (χ0n) is 20.2. The number of imidazole rings is 1. The lowest BCUT2D eigenvalue weighted by Crippen LogP contribution is -2.33. The van der Waals surface area contributed by atoms with Crippen molar-refractivity contribution in [2.45, 2.75) is 36.4 Å². The van der Waals surface area contributed by atoms with Crippen LogP contribution < -0.4 is 5.32 Å². The van der Waals surface area contributed by atoms with Gasteiger partial charge in [-0.3, -0.25) is 14.2 Å². The molecule has 4 atom stereocenters. The van der Waals surface area contributed by atoms with E-state index in [1.165, 1.54) is 41.4 Å². The van der Waals surface area contributed by atoms with E-state index in [0.717, 1.165) is 0 Å². The molecule has 1 saturated heterocycles. The quantitative estimate of drug-likeness (QED) is 0.123. The molecule has 0 amide bonds. The molecule has 4 heterocycles. The molecule has 6 N–H and O–H groups in total. The summed E-state index contributed by atoms with van der Waals surface area (Å²) in [5.74, 6) is -0.574. The van der Waals surface area contributed by atoms with Gasteiger partial charge in [0.2, 0.25) is 0 Å². The van der Waals surface area contributed by atoms with Crippen LogP contribution in [0.5, 0.6) is 0 Å². The zero-order chi connectivity index (χ0) is 27.9. The van der Waals surface area contributed by atoms with Crippen molar-refractivity contribution < 1.29 is 42.6 Å². The summed E-state index contributed by atoms with van der Waals surface area (Å²) < 4.78 is 44.1. The molecule has 1 aliphatic rings. The Bertz CT molecular complexity index is 1620. The van der Waals surface area contributed by atoms with Gasteiger partial charge in [-0.2, -0.15) is 13.5 Å². The first-order valence-electron chi connectivity index (χ1n) is 11.5. The molecule has 0 aliphatic carbocycles. The third kappa shape index (κ3) is 4.93. The van der Waals surface area contributed by atoms with Gasteiger partial charge in [-0.15, -0.1) is 0 Å². The normalized spacial score (nSPS) is 21.4. The fourth-order valence-electron chi connectivity index (χ4n) is 4.08. The largest absolute Gasteiger partial charge is 0.462 e. The summed E-state index contributed by atoms with van der Waals surface area (Å²) >= 11 is 0. The molecule has 3 aromatic heterocycles. The van der Waals surface area contributed by atoms with Gasteiger partial charge >= 0.3 is 5.97 Å². The maximum absolute atomic E-state index is 12.5. The number of carbonyl (C=O) groups is 1. The first-order chi connectivity index (χ1) is 18.6. The summed E-state index contributed by atoms with van der Waals surface area (Å²) in [7, 11) is -4.40. The minimum Gasteiger partial charge on any atom is -0.462 e. The average Bonchev–Trinajstić information content (AvgIpc) is 3.62. The molecule has 0 radical (unpaired) electrons. The Hall–Kier alpha value is -4.00. The molecule has 1 aromatic carbocycles. The monoisotopic (exact) mass is 561 g/mol. The third-order valence-electron chi connectivity index (χ3n) is 5.99. The summed E-state index contributed by atoms with van der Waals surface area (Å²) in [6.07, 6.45) is -2.46. The summed E-state index contributed by atoms with van der Waals surface area (Å²) in [5.41, 5.74) is 0.850. The SMILES string of the molecule is CCOC(=O)c1cn[nH]c1-c1nc(Nc2ccc(S(=O)(=O)O)cc2)c2ncn(C3O[C@H](CO)[C@@H](O)[C@H]3O)c2n1. The summed E-state index contributed by atoms with van der Waals surface area (Å²) in [6, 6.07) is 5.14. The van der Waals surface area contributed by atoms with Crippen LogP contribution in [0, 0.1) is 0 Å². The van der Waals surface area contributed by atoms with E-state index in [2.05, 4.69) is 30.5 Å². The average molecular weight is 562 g/mol. The van der Waals surface area contributed by atoms with E-state index in [1.807, 2.05) is 0 Å². The number of nitrogens with one attached hydrogen (secondary N) is 2. The van der Waals surface area contributed by atoms with Crippen LogP contribution in [0.3, 0.4) is 0 Å². The number of fused-ring (bicyclic) bond motifs is 1. The summed E-state index contributed by atoms with van der Waals surface area (Å²) in [4.78, 5) is 25.5. The fourth-order valence-corrected chi connectivity index (χ4v) is 4.56. The predicted molar refractivity (Wildman–Crippen MR) is 131 cm³/mol. The molecule has 17 heteroatoms. The van der Waals surface area contributed by atoms with Gasteiger partial charge in [-0.1, -0.05) is 0 Å². The van der Waals surface area contributed by atoms with Crippen LogP contribution in [0.4, 0.5) is 11.5 Å². The maximum atomic E-state index is 12.5. The van der Waals surface area contributed by atoms with Gasteiger partial charge in [0.15, 0.2) is 29.0 Å². The van der Waals surface area contributed by atoms with Crippen LogP contribution in [0.2, 0.25) is 0 Å². The molecule has 1 fully saturated rings. The Morgan fingerprint density at radius 3 is 2.59 bits per heavy atom. The molecule has 1 unspecified atom stereocenters. The molecule has 1 aliphatic heterocycles. The number of benzene rings is 1. The van der Waals surface area contributed by atoms with E-state index in [4.69, 9.17) is 9.47 Å². The number of H-pyrrole nitrogens is 1. The number of hydrogen-bond donors (Lipinski definition) is 6. The maximum Gasteiger partial charge on any atom is 0.342 e. The minimum absolute atomic E-state index is 0.0198. The fraction of sp³-hybridized carbons (Fsp3) is 0.318. The number of aliphatic hydroxyl groups is 3. The number of hydrogen-bond acceptors (Lipinski definition) is 13. The van der Waals surface area contributed by atoms with Gasteiger partial charge in [0.25, 0.3) is 10.1 Å². The number of ether oxygens (including phenoxy) is 2. The molecule has 39 heavy (non-hydrogen) atoms. The summed E-state index contributed by atoms with van der Waals surface area (Å²) in [6.45, 7) is 1.23. The number of aromatic amines is 1. The van der Waals surface area contributed by atoms with Crippen LogP contribution in [-0.2, 0) is 19.6 Å². The Labute approximate surface area is 220 Å². The van der Waals surface area contributed by atoms with Crippen LogP contribution in [-0.4, -0.2) is 95.5 Å². The topological polar surface area (TPSA) is 235 Å². The van der Waals surface area contributed by atoms with Gasteiger partial charge in [0.05, 0.1) is 30.6 Å². The van der Waals surface area contributed by atoms with Gasteiger partial charge in [-0.25, -0.2) is 19.7 Å². The second-order valence-corrected chi connectivity index (χ2v) is 9.87. The highest BCUT2D eigenvalue weighted by molar-refractivity contribution is 7.85. The molecule has 0 saturated carbocycles. The lowest BCUT2D eigenvalue weighted by atomic mass is 10.1. The van der Waals surface area contributed by atoms with E-state index < -0.39 is 47.2 Å². The molecule has 0 bridgehead atoms. The number of nitrogens with zero attached hydrogens (tertiary/aromatic N) is 5. The highest BCUT2D eigenvalue weighted by Crippen LogP contribution is 2.34. The van der Waals surface area contributed by atoms with E-state index in [1.54, 1.807) is 6.92 Å². The number of aliphatic hydroxyl groups excluding tert-OH is 3. The lowest BCUT2D eigenvalue weighted by Gasteiger charge is -2.17. The molecular formula is C22H23N7O9S. The predicted octanol–water partition coefficient (Wildman–Crippen LogP) is -0.00510. The molecule has 206 valence electrons. The van der Waals surface area contributed by atoms with Crippen molar-refractivity contribution >= 4 is 38.8 Å². The van der Waals surface area contributed by atoms with Gasteiger partial charge in [-0.05, 0) is 31.2 Å². The van der Waals surface area contributed by atoms with Gasteiger partial charge < -0.3 is 30.1 Å². The standard InChI is InChI=1S/C22H23N7O9S/c1-2-37-22(33)12-7-24-28-14(12)18-26-19(25-10-3-5-11(6-4-10)39(34,35)36)15-20(27-18)29(9-23-15)21-17(32)16(31)13(8-30)38-21/h3-7,9,13,16-17,21,30-32H,2,8H2,1H3,(H,24,28)(H,25,26,27)(H,34,35,36)/t13-,16-,17-,21?/m1/s1. The number of aromatic nitrogens is 6. The van der Waals surface area contributed by atoms with Gasteiger partial charge in [0, 0.05) is 5.69 Å². The first-order valence-corrected chi connectivity index (χ1v) is 13.0. The van der Waals surface area contributed by atoms with E-state index in [9.17, 15) is 33.1 Å². The molecule has 5 rings (SSSR count). The van der Waals surface area contributed by atoms with Crippen molar-refractivity contribution in [1.82, 2.24) is 29.7 Å². The number of anilines is 2. The van der Waals surface area contributed by atoms with Crippen LogP contribution >= 0.6 is 0 Å². The smallest absolute Gasteiger partial charge is 0.342 e. The van der Waals surface area contributed by atoms with Crippen LogP contribution in [0.15, 0.2) is 41.7 Å². The van der Waals surface area contributed by atoms with Crippen molar-refractivity contribution in [3.8, 4) is 11.5 Å².